The van der Waals surface area contributed by atoms with E-state index >= 15 is 0 Å². The maximum Gasteiger partial charge on any atom is 0.270 e. The van der Waals surface area contributed by atoms with Gasteiger partial charge in [0.05, 0.1) is 16.7 Å². The third-order valence-electron chi connectivity index (χ3n) is 4.52. The molecule has 1 aliphatic rings. The molecule has 26 heavy (non-hydrogen) atoms. The maximum atomic E-state index is 12.2. The molecule has 0 spiro atoms. The zero-order valence-electron chi connectivity index (χ0n) is 14.5. The molecule has 0 unspecified atom stereocenters. The van der Waals surface area contributed by atoms with E-state index in [1.165, 1.54) is 0 Å². The van der Waals surface area contributed by atoms with Gasteiger partial charge in [0.2, 0.25) is 0 Å². The first kappa shape index (κ1) is 18.2. The molecule has 0 atom stereocenters. The van der Waals surface area contributed by atoms with E-state index in [4.69, 9.17) is 21.6 Å². The number of halogens is 1. The summed E-state index contributed by atoms with van der Waals surface area (Å²) < 4.78 is 5.97. The fourth-order valence-corrected chi connectivity index (χ4v) is 3.25. The number of hydrogen-bond donors (Lipinski definition) is 1. The monoisotopic (exact) mass is 369 g/mol. The second kappa shape index (κ2) is 8.20. The van der Waals surface area contributed by atoms with Crippen molar-refractivity contribution in [2.45, 2.75) is 44.8 Å². The molecular weight excluding hydrogens is 350 g/mol. The van der Waals surface area contributed by atoms with E-state index < -0.39 is 0 Å². The van der Waals surface area contributed by atoms with Gasteiger partial charge in [-0.3, -0.25) is 9.78 Å². The van der Waals surface area contributed by atoms with Crippen molar-refractivity contribution in [2.75, 3.05) is 0 Å². The van der Waals surface area contributed by atoms with E-state index in [1.807, 2.05) is 19.1 Å². The number of carbonyl (C=O) groups is 1. The minimum absolute atomic E-state index is 0.0876. The van der Waals surface area contributed by atoms with Gasteiger partial charge in [0.15, 0.2) is 0 Å². The largest absolute Gasteiger partial charge is 0.490 e. The molecule has 0 saturated heterocycles. The van der Waals surface area contributed by atoms with E-state index in [0.717, 1.165) is 31.2 Å². The Morgan fingerprint density at radius 3 is 2.65 bits per heavy atom. The number of carbonyl (C=O) groups excluding carboxylic acids is 1. The summed E-state index contributed by atoms with van der Waals surface area (Å²) in [5.74, 6) is 0.540. The first-order valence-electron chi connectivity index (χ1n) is 8.65. The summed E-state index contributed by atoms with van der Waals surface area (Å²) in [6.07, 6.45) is 5.19. The number of aryl methyl sites for hydroxylation is 1. The molecule has 0 bridgehead atoms. The normalized spacial score (nSPS) is 19.4. The fourth-order valence-electron chi connectivity index (χ4n) is 3.04. The van der Waals surface area contributed by atoms with Crippen molar-refractivity contribution in [1.82, 2.24) is 10.3 Å². The first-order valence-corrected chi connectivity index (χ1v) is 9.03. The number of ether oxygens (including phenoxy) is 1. The molecular formula is C20H20ClN3O2. The van der Waals surface area contributed by atoms with Crippen LogP contribution in [0.2, 0.25) is 5.02 Å². The van der Waals surface area contributed by atoms with E-state index in [1.54, 1.807) is 30.5 Å². The summed E-state index contributed by atoms with van der Waals surface area (Å²) >= 11 is 6.04. The van der Waals surface area contributed by atoms with Gasteiger partial charge in [-0.05, 0) is 56.4 Å². The van der Waals surface area contributed by atoms with Crippen LogP contribution in [0.15, 0.2) is 36.5 Å². The molecule has 0 radical (unpaired) electrons. The number of nitriles is 1. The lowest BCUT2D eigenvalue weighted by atomic mass is 9.92. The Labute approximate surface area is 158 Å². The second-order valence-electron chi connectivity index (χ2n) is 6.54. The Morgan fingerprint density at radius 1 is 1.27 bits per heavy atom. The highest BCUT2D eigenvalue weighted by atomic mass is 35.5. The number of amides is 1. The van der Waals surface area contributed by atoms with Crippen LogP contribution in [-0.2, 0) is 0 Å². The summed E-state index contributed by atoms with van der Waals surface area (Å²) in [7, 11) is 0. The Kier molecular flexibility index (Phi) is 5.75. The first-order chi connectivity index (χ1) is 12.5. The van der Waals surface area contributed by atoms with Crippen LogP contribution in [-0.4, -0.2) is 23.0 Å². The predicted molar refractivity (Wildman–Crippen MR) is 99.3 cm³/mol. The van der Waals surface area contributed by atoms with Gasteiger partial charge in [-0.15, -0.1) is 0 Å². The van der Waals surface area contributed by atoms with Crippen molar-refractivity contribution < 1.29 is 9.53 Å². The van der Waals surface area contributed by atoms with Crippen LogP contribution in [0.4, 0.5) is 0 Å². The number of aromatic nitrogens is 1. The van der Waals surface area contributed by atoms with Gasteiger partial charge in [-0.25, -0.2) is 0 Å². The van der Waals surface area contributed by atoms with Gasteiger partial charge in [-0.1, -0.05) is 17.7 Å². The van der Waals surface area contributed by atoms with Crippen molar-refractivity contribution in [3.8, 4) is 11.8 Å². The lowest BCUT2D eigenvalue weighted by molar-refractivity contribution is 0.0889. The molecule has 0 aliphatic heterocycles. The second-order valence-corrected chi connectivity index (χ2v) is 6.95. The minimum Gasteiger partial charge on any atom is -0.490 e. The maximum absolute atomic E-state index is 12.2. The summed E-state index contributed by atoms with van der Waals surface area (Å²) in [6.45, 7) is 1.94. The molecule has 3 rings (SSSR count). The molecule has 1 aliphatic carbocycles. The zero-order valence-corrected chi connectivity index (χ0v) is 15.3. The molecule has 1 aromatic heterocycles. The van der Waals surface area contributed by atoms with Crippen LogP contribution in [0.3, 0.4) is 0 Å². The molecule has 1 amide bonds. The smallest absolute Gasteiger partial charge is 0.270 e. The SMILES string of the molecule is Cc1ccc(C(=O)N[C@H]2CC[C@H](Oc3ccc(C#N)c(Cl)c3)CC2)nc1. The number of nitrogens with one attached hydrogen (secondary N) is 1. The molecule has 1 N–H and O–H groups in total. The quantitative estimate of drug-likeness (QED) is 0.882. The highest BCUT2D eigenvalue weighted by Crippen LogP contribution is 2.27. The van der Waals surface area contributed by atoms with E-state index in [2.05, 4.69) is 10.3 Å². The lowest BCUT2D eigenvalue weighted by Gasteiger charge is -2.29. The molecule has 5 nitrogen and oxygen atoms in total. The number of benzene rings is 1. The summed E-state index contributed by atoms with van der Waals surface area (Å²) in [6, 6.07) is 10.9. The number of hydrogen-bond acceptors (Lipinski definition) is 4. The summed E-state index contributed by atoms with van der Waals surface area (Å²) in [5, 5.41) is 12.4. The highest BCUT2D eigenvalue weighted by Gasteiger charge is 2.24. The molecule has 134 valence electrons. The Bertz CT molecular complexity index is 822. The van der Waals surface area contributed by atoms with Crippen LogP contribution >= 0.6 is 11.6 Å². The van der Waals surface area contributed by atoms with Crippen molar-refractivity contribution >= 4 is 17.5 Å². The molecule has 2 aromatic rings. The summed E-state index contributed by atoms with van der Waals surface area (Å²) in [5.41, 5.74) is 1.92. The minimum atomic E-state index is -0.131. The lowest BCUT2D eigenvalue weighted by Crippen LogP contribution is -2.40. The number of rotatable bonds is 4. The Balaban J connectivity index is 1.49. The molecule has 1 heterocycles. The van der Waals surface area contributed by atoms with Crippen LogP contribution in [0, 0.1) is 18.3 Å². The molecule has 6 heteroatoms. The topological polar surface area (TPSA) is 75.0 Å². The Morgan fingerprint density at radius 2 is 2.04 bits per heavy atom. The van der Waals surface area contributed by atoms with Crippen molar-refractivity contribution in [2.24, 2.45) is 0 Å². The van der Waals surface area contributed by atoms with E-state index in [9.17, 15) is 4.79 Å². The molecule has 1 fully saturated rings. The standard InChI is InChI=1S/C20H20ClN3O2/c1-13-2-9-19(23-12-13)20(25)24-15-4-7-16(8-5-15)26-17-6-3-14(11-22)18(21)10-17/h2-3,6,9-10,12,15-16H,4-5,7-8H2,1H3,(H,24,25)/t15-,16-. The fraction of sp³-hybridized carbons (Fsp3) is 0.350. The summed E-state index contributed by atoms with van der Waals surface area (Å²) in [4.78, 5) is 16.4. The average Bonchev–Trinajstić information content (AvgIpc) is 2.64. The van der Waals surface area contributed by atoms with Gasteiger partial charge < -0.3 is 10.1 Å². The van der Waals surface area contributed by atoms with E-state index in [-0.39, 0.29) is 18.1 Å². The van der Waals surface area contributed by atoms with Gasteiger partial charge in [0.1, 0.15) is 17.5 Å². The number of nitrogens with zero attached hydrogens (tertiary/aromatic N) is 2. The predicted octanol–water partition coefficient (Wildman–Crippen LogP) is 4.04. The number of pyridine rings is 1. The third kappa shape index (κ3) is 4.53. The van der Waals surface area contributed by atoms with Gasteiger partial charge >= 0.3 is 0 Å². The van der Waals surface area contributed by atoms with Gasteiger partial charge in [-0.2, -0.15) is 5.26 Å². The zero-order chi connectivity index (χ0) is 18.5. The molecule has 1 aromatic carbocycles. The Hall–Kier alpha value is -2.58. The van der Waals surface area contributed by atoms with Crippen LogP contribution < -0.4 is 10.1 Å². The van der Waals surface area contributed by atoms with Crippen molar-refractivity contribution in [3.63, 3.8) is 0 Å². The highest BCUT2D eigenvalue weighted by molar-refractivity contribution is 6.31. The van der Waals surface area contributed by atoms with Crippen LogP contribution in [0.25, 0.3) is 0 Å². The average molecular weight is 370 g/mol. The van der Waals surface area contributed by atoms with Crippen LogP contribution in [0.5, 0.6) is 5.75 Å². The van der Waals surface area contributed by atoms with Crippen molar-refractivity contribution in [3.05, 3.63) is 58.4 Å². The van der Waals surface area contributed by atoms with Gasteiger partial charge in [0.25, 0.3) is 5.91 Å². The molecule has 1 saturated carbocycles. The van der Waals surface area contributed by atoms with Crippen LogP contribution in [0.1, 0.15) is 47.3 Å². The van der Waals surface area contributed by atoms with Crippen molar-refractivity contribution in [1.29, 1.82) is 5.26 Å². The van der Waals surface area contributed by atoms with E-state index in [0.29, 0.717) is 22.0 Å². The van der Waals surface area contributed by atoms with Gasteiger partial charge in [0, 0.05) is 18.3 Å². The third-order valence-corrected chi connectivity index (χ3v) is 4.83.